The Morgan fingerprint density at radius 1 is 0.697 bits per heavy atom. The zero-order valence-electron chi connectivity index (χ0n) is 17.2. The van der Waals surface area contributed by atoms with Crippen molar-refractivity contribution in [3.05, 3.63) is 84.4 Å². The molecule has 0 aliphatic heterocycles. The highest BCUT2D eigenvalue weighted by Gasteiger charge is 2.23. The minimum absolute atomic E-state index is 0.0173. The first kappa shape index (κ1) is 20.7. The molecule has 0 bridgehead atoms. The van der Waals surface area contributed by atoms with E-state index in [0.717, 1.165) is 0 Å². The summed E-state index contributed by atoms with van der Waals surface area (Å²) in [5, 5.41) is 42.0. The van der Waals surface area contributed by atoms with Crippen molar-refractivity contribution < 1.29 is 28.8 Å². The lowest BCUT2D eigenvalue weighted by atomic mass is 10.1. The Bertz CT molecular complexity index is 1640. The molecule has 166 valence electrons. The Balaban J connectivity index is 1.78. The van der Waals surface area contributed by atoms with Gasteiger partial charge in [-0.3, -0.25) is 0 Å². The first-order valence-electron chi connectivity index (χ1n) is 10.1. The molecule has 0 fully saturated rings. The van der Waals surface area contributed by atoms with Crippen molar-refractivity contribution in [1.82, 2.24) is 4.57 Å². The molecular formula is C25H19NO6S. The lowest BCUT2D eigenvalue weighted by Crippen LogP contribution is -2.09. The van der Waals surface area contributed by atoms with Crippen LogP contribution in [0.2, 0.25) is 0 Å². The lowest BCUT2D eigenvalue weighted by molar-refractivity contribution is 0.404. The molecule has 0 unspecified atom stereocenters. The van der Waals surface area contributed by atoms with Gasteiger partial charge in [-0.05, 0) is 42.0 Å². The Morgan fingerprint density at radius 2 is 1.36 bits per heavy atom. The number of benzene rings is 4. The molecule has 0 atom stereocenters. The highest BCUT2D eigenvalue weighted by molar-refractivity contribution is 7.91. The monoisotopic (exact) mass is 461 g/mol. The van der Waals surface area contributed by atoms with E-state index in [-0.39, 0.29) is 44.9 Å². The van der Waals surface area contributed by atoms with Crippen LogP contribution in [0.5, 0.6) is 23.0 Å². The minimum Gasteiger partial charge on any atom is -0.504 e. The number of phenolic OH excluding ortho intramolecular Hbond substituents is 4. The predicted molar refractivity (Wildman–Crippen MR) is 124 cm³/mol. The van der Waals surface area contributed by atoms with Gasteiger partial charge in [-0.25, -0.2) is 8.42 Å². The number of phenols is 4. The second kappa shape index (κ2) is 7.46. The summed E-state index contributed by atoms with van der Waals surface area (Å²) in [5.41, 5.74) is 1.16. The van der Waals surface area contributed by atoms with E-state index in [1.54, 1.807) is 47.0 Å². The van der Waals surface area contributed by atoms with Crippen LogP contribution >= 0.6 is 0 Å². The standard InChI is InChI=1S/C25H19NO6S/c27-20-11-10-17-18-12-21(28)22(29)13-19(18)26(24(17)25(20)30)14-15-6-4-5-9-23(15)33(31,32)16-7-2-1-3-8-16/h1-13,27-30H,14H2. The average Bonchev–Trinajstić information content (AvgIpc) is 3.10. The highest BCUT2D eigenvalue weighted by Crippen LogP contribution is 2.43. The molecule has 4 aromatic carbocycles. The van der Waals surface area contributed by atoms with Crippen LogP contribution in [-0.2, 0) is 16.4 Å². The first-order chi connectivity index (χ1) is 15.8. The Hall–Kier alpha value is -4.17. The number of fused-ring (bicyclic) bond motifs is 3. The van der Waals surface area contributed by atoms with Crippen LogP contribution in [0.4, 0.5) is 0 Å². The summed E-state index contributed by atoms with van der Waals surface area (Å²) in [6, 6.07) is 20.3. The van der Waals surface area contributed by atoms with E-state index >= 15 is 0 Å². The molecule has 0 aliphatic carbocycles. The zero-order chi connectivity index (χ0) is 23.3. The highest BCUT2D eigenvalue weighted by atomic mass is 32.2. The van der Waals surface area contributed by atoms with Crippen molar-refractivity contribution in [2.45, 2.75) is 16.3 Å². The number of aromatic hydroxyl groups is 4. The van der Waals surface area contributed by atoms with Crippen molar-refractivity contribution >= 4 is 31.6 Å². The molecule has 1 aromatic heterocycles. The number of rotatable bonds is 4. The number of hydrogen-bond acceptors (Lipinski definition) is 6. The summed E-state index contributed by atoms with van der Waals surface area (Å²) in [7, 11) is -3.83. The maximum Gasteiger partial charge on any atom is 0.206 e. The third-order valence-electron chi connectivity index (χ3n) is 5.72. The fourth-order valence-electron chi connectivity index (χ4n) is 4.14. The van der Waals surface area contributed by atoms with E-state index < -0.39 is 9.84 Å². The van der Waals surface area contributed by atoms with Crippen molar-refractivity contribution in [2.75, 3.05) is 0 Å². The molecule has 0 saturated heterocycles. The second-order valence-corrected chi connectivity index (χ2v) is 9.62. The van der Waals surface area contributed by atoms with Gasteiger partial charge in [0.1, 0.15) is 0 Å². The Kier molecular flexibility index (Phi) is 4.68. The summed E-state index contributed by atoms with van der Waals surface area (Å²) in [6.45, 7) is 0.0173. The lowest BCUT2D eigenvalue weighted by Gasteiger charge is -2.14. The van der Waals surface area contributed by atoms with Crippen LogP contribution in [0.1, 0.15) is 5.56 Å². The molecule has 7 nitrogen and oxygen atoms in total. The van der Waals surface area contributed by atoms with Crippen molar-refractivity contribution in [1.29, 1.82) is 0 Å². The van der Waals surface area contributed by atoms with Gasteiger partial charge < -0.3 is 25.0 Å². The first-order valence-corrected chi connectivity index (χ1v) is 11.5. The van der Waals surface area contributed by atoms with Crippen molar-refractivity contribution in [2.24, 2.45) is 0 Å². The van der Waals surface area contributed by atoms with E-state index in [9.17, 15) is 28.8 Å². The number of nitrogens with zero attached hydrogens (tertiary/aromatic N) is 1. The van der Waals surface area contributed by atoms with Gasteiger partial charge in [0.2, 0.25) is 9.84 Å². The van der Waals surface area contributed by atoms with Crippen LogP contribution in [0.15, 0.2) is 88.7 Å². The molecule has 0 amide bonds. The van der Waals surface area contributed by atoms with Crippen molar-refractivity contribution in [3.63, 3.8) is 0 Å². The molecule has 33 heavy (non-hydrogen) atoms. The maximum absolute atomic E-state index is 13.4. The van der Waals surface area contributed by atoms with E-state index in [4.69, 9.17) is 0 Å². The van der Waals surface area contributed by atoms with Gasteiger partial charge in [-0.2, -0.15) is 0 Å². The summed E-state index contributed by atoms with van der Waals surface area (Å²) >= 11 is 0. The summed E-state index contributed by atoms with van der Waals surface area (Å²) < 4.78 is 28.3. The van der Waals surface area contributed by atoms with Crippen LogP contribution in [0.3, 0.4) is 0 Å². The SMILES string of the molecule is O=S(=O)(c1ccccc1)c1ccccc1Cn1c2cc(O)c(O)cc2c2ccc(O)c(O)c21. The van der Waals surface area contributed by atoms with Crippen molar-refractivity contribution in [3.8, 4) is 23.0 Å². The molecule has 0 saturated carbocycles. The zero-order valence-corrected chi connectivity index (χ0v) is 18.0. The largest absolute Gasteiger partial charge is 0.504 e. The Labute approximate surface area is 188 Å². The van der Waals surface area contributed by atoms with Gasteiger partial charge in [0.05, 0.1) is 20.8 Å². The smallest absolute Gasteiger partial charge is 0.206 e. The predicted octanol–water partition coefficient (Wildman–Crippen LogP) is 4.50. The van der Waals surface area contributed by atoms with Crippen LogP contribution in [0, 0.1) is 0 Å². The van der Waals surface area contributed by atoms with Crippen LogP contribution in [0.25, 0.3) is 21.8 Å². The van der Waals surface area contributed by atoms with Crippen LogP contribution in [-0.4, -0.2) is 33.4 Å². The summed E-state index contributed by atoms with van der Waals surface area (Å²) in [6.07, 6.45) is 0. The van der Waals surface area contributed by atoms with Gasteiger partial charge in [0.25, 0.3) is 0 Å². The molecule has 0 aliphatic rings. The molecular weight excluding hydrogens is 442 g/mol. The average molecular weight is 461 g/mol. The molecule has 4 N–H and O–H groups in total. The topological polar surface area (TPSA) is 120 Å². The fourth-order valence-corrected chi connectivity index (χ4v) is 5.65. The minimum atomic E-state index is -3.83. The van der Waals surface area contributed by atoms with E-state index in [0.29, 0.717) is 21.9 Å². The number of hydrogen-bond donors (Lipinski definition) is 4. The van der Waals surface area contributed by atoms with Gasteiger partial charge in [-0.1, -0.05) is 36.4 Å². The van der Waals surface area contributed by atoms with E-state index in [1.807, 2.05) is 0 Å². The Morgan fingerprint density at radius 3 is 2.12 bits per heavy atom. The number of sulfone groups is 1. The molecule has 8 heteroatoms. The van der Waals surface area contributed by atoms with E-state index in [2.05, 4.69) is 0 Å². The van der Waals surface area contributed by atoms with Gasteiger partial charge in [0.15, 0.2) is 23.0 Å². The number of aromatic nitrogens is 1. The van der Waals surface area contributed by atoms with Crippen LogP contribution < -0.4 is 0 Å². The molecule has 0 radical (unpaired) electrons. The quantitative estimate of drug-likeness (QED) is 0.293. The van der Waals surface area contributed by atoms with Gasteiger partial charge >= 0.3 is 0 Å². The third-order valence-corrected chi connectivity index (χ3v) is 7.59. The van der Waals surface area contributed by atoms with Gasteiger partial charge in [-0.15, -0.1) is 0 Å². The summed E-state index contributed by atoms with van der Waals surface area (Å²) in [5.74, 6) is -1.42. The molecule has 0 spiro atoms. The van der Waals surface area contributed by atoms with E-state index in [1.165, 1.54) is 36.4 Å². The molecule has 5 rings (SSSR count). The summed E-state index contributed by atoms with van der Waals surface area (Å²) in [4.78, 5) is 0.261. The normalized spacial score (nSPS) is 11.9. The molecule has 1 heterocycles. The maximum atomic E-state index is 13.4. The molecule has 5 aromatic rings. The van der Waals surface area contributed by atoms with Gasteiger partial charge in [0, 0.05) is 23.4 Å². The second-order valence-electron chi connectivity index (χ2n) is 7.70. The third kappa shape index (κ3) is 3.23. The fraction of sp³-hybridized carbons (Fsp3) is 0.0400.